The topological polar surface area (TPSA) is 123 Å². The minimum atomic E-state index is -0.685. The highest BCUT2D eigenvalue weighted by Gasteiger charge is 2.47. The molecule has 37 heavy (non-hydrogen) atoms. The van der Waals surface area contributed by atoms with Gasteiger partial charge < -0.3 is 25.2 Å². The van der Waals surface area contributed by atoms with Gasteiger partial charge in [0.2, 0.25) is 11.8 Å². The van der Waals surface area contributed by atoms with Crippen molar-refractivity contribution in [3.63, 3.8) is 0 Å². The number of benzene rings is 1. The number of hydrogen-bond acceptors (Lipinski definition) is 6. The van der Waals surface area contributed by atoms with Crippen LogP contribution in [0.1, 0.15) is 86.3 Å². The second-order valence-electron chi connectivity index (χ2n) is 10.5. The van der Waals surface area contributed by atoms with Crippen molar-refractivity contribution in [1.29, 1.82) is 0 Å². The largest absolute Gasteiger partial charge is 0.381 e. The van der Waals surface area contributed by atoms with Crippen molar-refractivity contribution in [3.8, 4) is 0 Å². The third-order valence-corrected chi connectivity index (χ3v) is 8.25. The first-order valence-corrected chi connectivity index (χ1v) is 13.6. The minimum absolute atomic E-state index is 0.00520. The Morgan fingerprint density at radius 2 is 1.86 bits per heavy atom. The number of ether oxygens (including phenoxy) is 1. The summed E-state index contributed by atoms with van der Waals surface area (Å²) < 4.78 is 10.5. The molecule has 1 spiro atoms. The molecule has 2 aliphatic heterocycles. The lowest BCUT2D eigenvalue weighted by molar-refractivity contribution is -0.124. The van der Waals surface area contributed by atoms with Gasteiger partial charge in [-0.2, -0.15) is 0 Å². The van der Waals surface area contributed by atoms with Gasteiger partial charge in [0.1, 0.15) is 17.9 Å². The first-order chi connectivity index (χ1) is 18.0. The van der Waals surface area contributed by atoms with Crippen LogP contribution in [-0.2, 0) is 26.2 Å². The van der Waals surface area contributed by atoms with Crippen molar-refractivity contribution in [2.75, 3.05) is 23.8 Å². The minimum Gasteiger partial charge on any atom is -0.381 e. The molecule has 3 aliphatic rings. The van der Waals surface area contributed by atoms with Crippen molar-refractivity contribution in [2.45, 2.75) is 82.6 Å². The van der Waals surface area contributed by atoms with Gasteiger partial charge in [-0.25, -0.2) is 0 Å². The second-order valence-corrected chi connectivity index (χ2v) is 10.5. The van der Waals surface area contributed by atoms with Crippen LogP contribution >= 0.6 is 0 Å². The molecule has 9 nitrogen and oxygen atoms in total. The average molecular weight is 509 g/mol. The molecular weight excluding hydrogens is 472 g/mol. The molecule has 3 N–H and O–H groups in total. The Balaban J connectivity index is 1.36. The summed E-state index contributed by atoms with van der Waals surface area (Å²) in [5, 5.41) is 12.9. The molecule has 9 heteroatoms. The van der Waals surface area contributed by atoms with Gasteiger partial charge >= 0.3 is 0 Å². The van der Waals surface area contributed by atoms with Crippen molar-refractivity contribution in [2.24, 2.45) is 5.92 Å². The molecule has 1 atom stereocenters. The molecule has 2 aromatic rings. The Morgan fingerprint density at radius 1 is 1.14 bits per heavy atom. The van der Waals surface area contributed by atoms with Crippen LogP contribution in [0.5, 0.6) is 0 Å². The lowest BCUT2D eigenvalue weighted by Crippen LogP contribution is -2.48. The molecule has 1 saturated carbocycles. The third-order valence-electron chi connectivity index (χ3n) is 8.25. The molecular formula is C28H36N4O5. The Hall–Kier alpha value is -3.20. The fourth-order valence-corrected chi connectivity index (χ4v) is 6.08. The van der Waals surface area contributed by atoms with Crippen molar-refractivity contribution < 1.29 is 23.6 Å². The van der Waals surface area contributed by atoms with Crippen LogP contribution < -0.4 is 16.0 Å². The third kappa shape index (κ3) is 5.14. The number of aromatic nitrogens is 1. The fourth-order valence-electron chi connectivity index (χ4n) is 6.08. The van der Waals surface area contributed by atoms with Gasteiger partial charge in [-0.15, -0.1) is 0 Å². The van der Waals surface area contributed by atoms with Gasteiger partial charge in [0, 0.05) is 24.6 Å². The normalized spacial score (nSPS) is 20.4. The van der Waals surface area contributed by atoms with Crippen molar-refractivity contribution in [1.82, 2.24) is 10.5 Å². The van der Waals surface area contributed by atoms with Crippen LogP contribution in [0.3, 0.4) is 0 Å². The summed E-state index contributed by atoms with van der Waals surface area (Å²) in [4.78, 5) is 39.7. The number of fused-ring (bicyclic) bond motifs is 2. The molecule has 1 aromatic carbocycles. The fraction of sp³-hybridized carbons (Fsp3) is 0.571. The first-order valence-electron chi connectivity index (χ1n) is 13.6. The molecule has 198 valence electrons. The molecule has 1 unspecified atom stereocenters. The lowest BCUT2D eigenvalue weighted by Gasteiger charge is -2.31. The molecule has 2 fully saturated rings. The number of aryl methyl sites for hydroxylation is 1. The highest BCUT2D eigenvalue weighted by molar-refractivity contribution is 6.07. The smallest absolute Gasteiger partial charge is 0.257 e. The number of carbonyl (C=O) groups excluding carboxylic acids is 3. The van der Waals surface area contributed by atoms with E-state index in [1.54, 1.807) is 0 Å². The predicted molar refractivity (Wildman–Crippen MR) is 138 cm³/mol. The van der Waals surface area contributed by atoms with E-state index in [1.165, 1.54) is 12.7 Å². The monoisotopic (exact) mass is 508 g/mol. The van der Waals surface area contributed by atoms with Crippen molar-refractivity contribution in [3.05, 3.63) is 41.3 Å². The maximum absolute atomic E-state index is 13.7. The van der Waals surface area contributed by atoms with Crippen LogP contribution in [-0.4, -0.2) is 42.1 Å². The summed E-state index contributed by atoms with van der Waals surface area (Å²) in [5.74, 6) is -0.565. The van der Waals surface area contributed by atoms with Gasteiger partial charge in [-0.1, -0.05) is 50.3 Å². The van der Waals surface area contributed by atoms with Crippen LogP contribution in [0, 0.1) is 5.92 Å². The zero-order valence-corrected chi connectivity index (χ0v) is 21.4. The van der Waals surface area contributed by atoms with Crippen molar-refractivity contribution >= 4 is 29.1 Å². The molecule has 1 saturated heterocycles. The van der Waals surface area contributed by atoms with Gasteiger partial charge in [0.15, 0.2) is 0 Å². The number of nitrogens with zero attached hydrogens (tertiary/aromatic N) is 1. The van der Waals surface area contributed by atoms with Gasteiger partial charge in [0.05, 0.1) is 11.1 Å². The summed E-state index contributed by atoms with van der Waals surface area (Å²) in [5.41, 5.74) is 2.68. The molecule has 5 rings (SSSR count). The van der Waals surface area contributed by atoms with E-state index < -0.39 is 11.5 Å². The van der Waals surface area contributed by atoms with E-state index in [0.717, 1.165) is 49.8 Å². The zero-order valence-electron chi connectivity index (χ0n) is 21.4. The van der Waals surface area contributed by atoms with E-state index in [4.69, 9.17) is 9.26 Å². The summed E-state index contributed by atoms with van der Waals surface area (Å²) in [6.07, 6.45) is 10.5. The number of carbonyl (C=O) groups is 3. The predicted octanol–water partition coefficient (Wildman–Crippen LogP) is 4.33. The number of anilines is 2. The molecule has 3 amide bonds. The molecule has 0 bridgehead atoms. The number of hydrogen-bond donors (Lipinski definition) is 3. The van der Waals surface area contributed by atoms with Gasteiger partial charge in [-0.05, 0) is 55.7 Å². The Kier molecular flexibility index (Phi) is 7.60. The van der Waals surface area contributed by atoms with Gasteiger partial charge in [-0.3, -0.25) is 14.4 Å². The van der Waals surface area contributed by atoms with E-state index in [9.17, 15) is 14.4 Å². The number of amides is 3. The highest BCUT2D eigenvalue weighted by Crippen LogP contribution is 2.45. The number of nitrogens with one attached hydrogen (secondary N) is 3. The first kappa shape index (κ1) is 25.4. The Bertz CT molecular complexity index is 1150. The maximum Gasteiger partial charge on any atom is 0.257 e. The summed E-state index contributed by atoms with van der Waals surface area (Å²) >= 11 is 0. The molecule has 1 aromatic heterocycles. The summed E-state index contributed by atoms with van der Waals surface area (Å²) in [7, 11) is 0. The van der Waals surface area contributed by atoms with E-state index in [-0.39, 0.29) is 23.6 Å². The van der Waals surface area contributed by atoms with Crippen LogP contribution in [0.15, 0.2) is 29.0 Å². The standard InChI is InChI=1S/C28H36N4O5/c1-2-22-20(17-37-32-22)25(33)31-24(18-8-6-4-3-5-7-9-18)26(34)29-19-10-11-21-23(16-19)30-27(35)28(21)12-14-36-15-13-28/h10-11,16-18,24H,2-9,12-15H2,1H3,(H,29,34)(H,30,35)(H,31,33). The van der Waals surface area contributed by atoms with Gasteiger partial charge in [0.25, 0.3) is 5.91 Å². The van der Waals surface area contributed by atoms with Crippen LogP contribution in [0.25, 0.3) is 0 Å². The quantitative estimate of drug-likeness (QED) is 0.534. The Morgan fingerprint density at radius 3 is 2.59 bits per heavy atom. The van der Waals surface area contributed by atoms with Crippen LogP contribution in [0.4, 0.5) is 11.4 Å². The average Bonchev–Trinajstić information content (AvgIpc) is 3.46. The van der Waals surface area contributed by atoms with E-state index >= 15 is 0 Å². The second kappa shape index (κ2) is 11.0. The van der Waals surface area contributed by atoms with Crippen LogP contribution in [0.2, 0.25) is 0 Å². The molecule has 0 radical (unpaired) electrons. The van der Waals surface area contributed by atoms with E-state index in [0.29, 0.717) is 49.4 Å². The number of rotatable bonds is 6. The Labute approximate surface area is 217 Å². The molecule has 3 heterocycles. The highest BCUT2D eigenvalue weighted by atomic mass is 16.5. The van der Waals surface area contributed by atoms with E-state index in [1.807, 2.05) is 25.1 Å². The van der Waals surface area contributed by atoms with E-state index in [2.05, 4.69) is 21.1 Å². The SMILES string of the molecule is CCc1nocc1C(=O)NC(C(=O)Nc1ccc2c(c1)NC(=O)C21CCOCC1)C1CCCCCCC1. The molecule has 1 aliphatic carbocycles. The lowest BCUT2D eigenvalue weighted by atomic mass is 9.75. The maximum atomic E-state index is 13.7. The summed E-state index contributed by atoms with van der Waals surface area (Å²) in [6.45, 7) is 3.02. The zero-order chi connectivity index (χ0) is 25.8. The summed E-state index contributed by atoms with van der Waals surface area (Å²) in [6, 6.07) is 4.92.